The summed E-state index contributed by atoms with van der Waals surface area (Å²) in [6.07, 6.45) is -0.988. The Labute approximate surface area is 105 Å². The molecule has 1 aliphatic heterocycles. The van der Waals surface area contributed by atoms with Gasteiger partial charge in [0.25, 0.3) is 5.91 Å². The molecule has 102 valence electrons. The van der Waals surface area contributed by atoms with Crippen LogP contribution in [0.2, 0.25) is 0 Å². The molecule has 0 aromatic heterocycles. The number of aliphatic carboxylic acids is 1. The van der Waals surface area contributed by atoms with Crippen LogP contribution in [0, 0.1) is 0 Å². The second kappa shape index (κ2) is 6.34. The van der Waals surface area contributed by atoms with Crippen molar-refractivity contribution in [3.8, 4) is 0 Å². The van der Waals surface area contributed by atoms with Crippen LogP contribution in [0.1, 0.15) is 19.8 Å². The zero-order chi connectivity index (χ0) is 13.7. The van der Waals surface area contributed by atoms with Gasteiger partial charge in [-0.3, -0.25) is 9.59 Å². The molecule has 2 amide bonds. The Balaban J connectivity index is 2.45. The molecule has 18 heavy (non-hydrogen) atoms. The third-order valence-electron chi connectivity index (χ3n) is 2.70. The van der Waals surface area contributed by atoms with Crippen molar-refractivity contribution in [2.45, 2.75) is 32.0 Å². The number of amides is 2. The Morgan fingerprint density at radius 3 is 2.44 bits per heavy atom. The summed E-state index contributed by atoms with van der Waals surface area (Å²) in [6, 6.07) is 0. The van der Waals surface area contributed by atoms with E-state index in [0.29, 0.717) is 19.4 Å². The van der Waals surface area contributed by atoms with Crippen molar-refractivity contribution in [1.82, 2.24) is 10.2 Å². The molecule has 0 unspecified atom stereocenters. The van der Waals surface area contributed by atoms with Crippen LogP contribution in [-0.2, 0) is 19.1 Å². The van der Waals surface area contributed by atoms with Gasteiger partial charge >= 0.3 is 5.97 Å². The van der Waals surface area contributed by atoms with E-state index in [1.54, 1.807) is 6.92 Å². The third-order valence-corrected chi connectivity index (χ3v) is 2.70. The van der Waals surface area contributed by atoms with Crippen molar-refractivity contribution < 1.29 is 24.2 Å². The summed E-state index contributed by atoms with van der Waals surface area (Å²) in [4.78, 5) is 35.1. The molecule has 7 nitrogen and oxygen atoms in total. The number of ether oxygens (including phenoxy) is 1. The van der Waals surface area contributed by atoms with Crippen LogP contribution >= 0.6 is 0 Å². The van der Waals surface area contributed by atoms with Crippen LogP contribution < -0.4 is 5.32 Å². The lowest BCUT2D eigenvalue weighted by atomic mass is 10.2. The summed E-state index contributed by atoms with van der Waals surface area (Å²) >= 11 is 0. The molecule has 2 N–H and O–H groups in total. The molecule has 0 spiro atoms. The molecular formula is C11H18N2O5. The first-order valence-electron chi connectivity index (χ1n) is 5.85. The molecule has 0 saturated carbocycles. The first-order valence-corrected chi connectivity index (χ1v) is 5.85. The van der Waals surface area contributed by atoms with Crippen LogP contribution in [0.15, 0.2) is 0 Å². The summed E-state index contributed by atoms with van der Waals surface area (Å²) in [7, 11) is 1.50. The zero-order valence-corrected chi connectivity index (χ0v) is 10.5. The molecule has 0 aromatic rings. The lowest BCUT2D eigenvalue weighted by Crippen LogP contribution is -2.43. The Morgan fingerprint density at radius 1 is 1.33 bits per heavy atom. The molecule has 1 saturated heterocycles. The molecule has 1 rings (SSSR count). The monoisotopic (exact) mass is 258 g/mol. The average Bonchev–Trinajstić information content (AvgIpc) is 2.77. The highest BCUT2D eigenvalue weighted by Gasteiger charge is 2.36. The standard InChI is InChI=1S/C11H18N2O5/c1-3-12-9(14)6-13(2)10(15)7-4-5-8(18-7)11(16)17/h7-8H,3-6H2,1-2H3,(H,12,14)(H,16,17)/t7-,8+/m0/s1. The number of nitrogens with one attached hydrogen (secondary N) is 1. The van der Waals surface area contributed by atoms with E-state index in [9.17, 15) is 14.4 Å². The predicted molar refractivity (Wildman–Crippen MR) is 61.9 cm³/mol. The number of likely N-dealkylation sites (N-methyl/N-ethyl adjacent to an activating group) is 2. The number of carbonyl (C=O) groups excluding carboxylic acids is 2. The highest BCUT2D eigenvalue weighted by atomic mass is 16.5. The maximum Gasteiger partial charge on any atom is 0.332 e. The molecule has 0 aromatic carbocycles. The molecule has 1 fully saturated rings. The number of carbonyl (C=O) groups is 3. The number of rotatable bonds is 5. The van der Waals surface area contributed by atoms with Crippen molar-refractivity contribution in [2.75, 3.05) is 20.1 Å². The van der Waals surface area contributed by atoms with E-state index in [4.69, 9.17) is 9.84 Å². The van der Waals surface area contributed by atoms with E-state index in [1.165, 1.54) is 11.9 Å². The first-order chi connectivity index (χ1) is 8.45. The molecule has 0 bridgehead atoms. The number of hydrogen-bond donors (Lipinski definition) is 2. The highest BCUT2D eigenvalue weighted by Crippen LogP contribution is 2.21. The molecular weight excluding hydrogens is 240 g/mol. The minimum Gasteiger partial charge on any atom is -0.479 e. The van der Waals surface area contributed by atoms with Crippen molar-refractivity contribution in [2.24, 2.45) is 0 Å². The Hall–Kier alpha value is -1.63. The smallest absolute Gasteiger partial charge is 0.332 e. The summed E-state index contributed by atoms with van der Waals surface area (Å²) in [5.74, 6) is -1.66. The SMILES string of the molecule is CCNC(=O)CN(C)C(=O)[C@@H]1CC[C@H](C(=O)O)O1. The molecule has 7 heteroatoms. The fraction of sp³-hybridized carbons (Fsp3) is 0.727. The molecule has 1 aliphatic rings. The minimum atomic E-state index is -1.06. The van der Waals surface area contributed by atoms with Gasteiger partial charge in [-0.2, -0.15) is 0 Å². The maximum atomic E-state index is 11.9. The fourth-order valence-electron chi connectivity index (χ4n) is 1.79. The topological polar surface area (TPSA) is 95.9 Å². The maximum absolute atomic E-state index is 11.9. The molecule has 2 atom stereocenters. The van der Waals surface area contributed by atoms with Gasteiger partial charge in [-0.25, -0.2) is 4.79 Å². The van der Waals surface area contributed by atoms with Crippen LogP contribution in [0.3, 0.4) is 0 Å². The second-order valence-electron chi connectivity index (χ2n) is 4.18. The van der Waals surface area contributed by atoms with Gasteiger partial charge in [-0.1, -0.05) is 0 Å². The zero-order valence-electron chi connectivity index (χ0n) is 10.5. The largest absolute Gasteiger partial charge is 0.479 e. The van der Waals surface area contributed by atoms with Gasteiger partial charge in [0.05, 0.1) is 6.54 Å². The Kier molecular flexibility index (Phi) is 5.08. The van der Waals surface area contributed by atoms with Crippen LogP contribution in [0.25, 0.3) is 0 Å². The molecule has 0 aliphatic carbocycles. The van der Waals surface area contributed by atoms with Crippen molar-refractivity contribution in [1.29, 1.82) is 0 Å². The van der Waals surface area contributed by atoms with Gasteiger partial charge in [0.2, 0.25) is 5.91 Å². The Morgan fingerprint density at radius 2 is 1.94 bits per heavy atom. The van der Waals surface area contributed by atoms with Crippen LogP contribution in [0.4, 0.5) is 0 Å². The van der Waals surface area contributed by atoms with Crippen molar-refractivity contribution >= 4 is 17.8 Å². The van der Waals surface area contributed by atoms with E-state index >= 15 is 0 Å². The van der Waals surface area contributed by atoms with E-state index in [2.05, 4.69) is 5.32 Å². The second-order valence-corrected chi connectivity index (χ2v) is 4.18. The Bertz CT molecular complexity index is 344. The third kappa shape index (κ3) is 3.69. The normalized spacial score (nSPS) is 22.6. The van der Waals surface area contributed by atoms with Gasteiger partial charge in [0.15, 0.2) is 6.10 Å². The summed E-state index contributed by atoms with van der Waals surface area (Å²) < 4.78 is 5.12. The van der Waals surface area contributed by atoms with Crippen molar-refractivity contribution in [3.63, 3.8) is 0 Å². The summed E-state index contributed by atoms with van der Waals surface area (Å²) in [6.45, 7) is 2.24. The minimum absolute atomic E-state index is 0.0513. The quantitative estimate of drug-likeness (QED) is 0.674. The van der Waals surface area contributed by atoms with E-state index < -0.39 is 18.2 Å². The number of nitrogens with zero attached hydrogens (tertiary/aromatic N) is 1. The van der Waals surface area contributed by atoms with Crippen LogP contribution in [-0.4, -0.2) is 60.1 Å². The van der Waals surface area contributed by atoms with Crippen LogP contribution in [0.5, 0.6) is 0 Å². The van der Waals surface area contributed by atoms with Gasteiger partial charge in [-0.05, 0) is 19.8 Å². The van der Waals surface area contributed by atoms with Gasteiger partial charge in [0.1, 0.15) is 6.10 Å². The lowest BCUT2D eigenvalue weighted by Gasteiger charge is -2.20. The first kappa shape index (κ1) is 14.4. The summed E-state index contributed by atoms with van der Waals surface area (Å²) in [5.41, 5.74) is 0. The number of carboxylic acid groups (broad SMARTS) is 1. The number of carboxylic acids is 1. The highest BCUT2D eigenvalue weighted by molar-refractivity contribution is 5.87. The van der Waals surface area contributed by atoms with E-state index in [-0.39, 0.29) is 18.4 Å². The van der Waals surface area contributed by atoms with E-state index in [1.807, 2.05) is 0 Å². The fourth-order valence-corrected chi connectivity index (χ4v) is 1.79. The van der Waals surface area contributed by atoms with Gasteiger partial charge in [-0.15, -0.1) is 0 Å². The summed E-state index contributed by atoms with van der Waals surface area (Å²) in [5, 5.41) is 11.3. The molecule has 0 radical (unpaired) electrons. The predicted octanol–water partition coefficient (Wildman–Crippen LogP) is -0.787. The van der Waals surface area contributed by atoms with Gasteiger partial charge in [0, 0.05) is 13.6 Å². The average molecular weight is 258 g/mol. The van der Waals surface area contributed by atoms with Crippen molar-refractivity contribution in [3.05, 3.63) is 0 Å². The molecule has 1 heterocycles. The van der Waals surface area contributed by atoms with E-state index in [0.717, 1.165) is 0 Å². The lowest BCUT2D eigenvalue weighted by molar-refractivity contribution is -0.155. The van der Waals surface area contributed by atoms with Gasteiger partial charge < -0.3 is 20.1 Å². The number of hydrogen-bond acceptors (Lipinski definition) is 4.